The Morgan fingerprint density at radius 3 is 2.79 bits per heavy atom. The molecule has 1 heterocycles. The fourth-order valence-electron chi connectivity index (χ4n) is 2.89. The Labute approximate surface area is 148 Å². The highest BCUT2D eigenvalue weighted by Crippen LogP contribution is 2.28. The molecule has 130 valence electrons. The standard InChI is InChI=1S/C16H23BClN3O3/c1-24-14-7-13(19)12(18)6-11(14)16(23)20-8-10-2-4-21(5-3-10)9-15(17)22/h6-7,10,15,22H,2-5,8-9,19H2,1H3,(H,20,23). The quantitative estimate of drug-likeness (QED) is 0.523. The number of nitrogen functional groups attached to an aromatic ring is 1. The molecule has 24 heavy (non-hydrogen) atoms. The van der Waals surface area contributed by atoms with Gasteiger partial charge in [-0.3, -0.25) is 4.79 Å². The van der Waals surface area contributed by atoms with E-state index >= 15 is 0 Å². The van der Waals surface area contributed by atoms with Crippen LogP contribution < -0.4 is 15.8 Å². The molecule has 1 aromatic rings. The average Bonchev–Trinajstić information content (AvgIpc) is 2.55. The van der Waals surface area contributed by atoms with Crippen LogP contribution in [-0.2, 0) is 0 Å². The molecule has 1 fully saturated rings. The van der Waals surface area contributed by atoms with Gasteiger partial charge in [-0.05, 0) is 37.9 Å². The summed E-state index contributed by atoms with van der Waals surface area (Å²) in [7, 11) is 6.88. The topological polar surface area (TPSA) is 87.8 Å². The molecule has 0 saturated carbocycles. The van der Waals surface area contributed by atoms with Gasteiger partial charge in [0.25, 0.3) is 5.91 Å². The largest absolute Gasteiger partial charge is 0.496 e. The number of aliphatic hydroxyl groups excluding tert-OH is 1. The zero-order chi connectivity index (χ0) is 17.7. The van der Waals surface area contributed by atoms with Crippen molar-refractivity contribution in [3.05, 3.63) is 22.7 Å². The number of β-amino-alcohol motifs (C(OH)–C–C–N with tert-alkyl or cyclic N) is 1. The first kappa shape index (κ1) is 18.9. The van der Waals surface area contributed by atoms with E-state index in [0.29, 0.717) is 41.0 Å². The zero-order valence-electron chi connectivity index (χ0n) is 13.8. The van der Waals surface area contributed by atoms with Crippen molar-refractivity contribution in [2.75, 3.05) is 39.0 Å². The third kappa shape index (κ3) is 5.03. The van der Waals surface area contributed by atoms with E-state index in [1.165, 1.54) is 13.2 Å². The average molecular weight is 352 g/mol. The summed E-state index contributed by atoms with van der Waals surface area (Å²) in [5, 5.41) is 12.5. The lowest BCUT2D eigenvalue weighted by molar-refractivity contribution is 0.0926. The summed E-state index contributed by atoms with van der Waals surface area (Å²) in [4.78, 5) is 14.5. The van der Waals surface area contributed by atoms with Gasteiger partial charge in [-0.2, -0.15) is 0 Å². The van der Waals surface area contributed by atoms with Crippen LogP contribution in [-0.4, -0.2) is 63.1 Å². The Morgan fingerprint density at radius 2 is 2.21 bits per heavy atom. The molecule has 0 aromatic heterocycles. The highest BCUT2D eigenvalue weighted by Gasteiger charge is 2.21. The molecule has 0 spiro atoms. The number of nitrogens with two attached hydrogens (primary N) is 1. The van der Waals surface area contributed by atoms with Gasteiger partial charge < -0.3 is 25.8 Å². The number of carbonyl (C=O) groups is 1. The van der Waals surface area contributed by atoms with Crippen molar-refractivity contribution in [3.8, 4) is 5.75 Å². The molecule has 0 bridgehead atoms. The number of anilines is 1. The van der Waals surface area contributed by atoms with Gasteiger partial charge in [-0.25, -0.2) is 0 Å². The van der Waals surface area contributed by atoms with Crippen molar-refractivity contribution < 1.29 is 14.6 Å². The van der Waals surface area contributed by atoms with Gasteiger partial charge in [-0.15, -0.1) is 0 Å². The number of likely N-dealkylation sites (tertiary alicyclic amines) is 1. The minimum Gasteiger partial charge on any atom is -0.496 e. The van der Waals surface area contributed by atoms with Crippen molar-refractivity contribution >= 4 is 31.0 Å². The van der Waals surface area contributed by atoms with E-state index in [4.69, 9.17) is 29.9 Å². The molecule has 2 rings (SSSR count). The molecule has 1 atom stereocenters. The first-order valence-corrected chi connectivity index (χ1v) is 8.35. The van der Waals surface area contributed by atoms with Crippen molar-refractivity contribution in [1.82, 2.24) is 10.2 Å². The molecule has 1 saturated heterocycles. The van der Waals surface area contributed by atoms with E-state index in [1.54, 1.807) is 6.07 Å². The number of nitrogens with one attached hydrogen (secondary N) is 1. The second-order valence-electron chi connectivity index (χ2n) is 6.10. The highest BCUT2D eigenvalue weighted by molar-refractivity contribution is 6.33. The Bertz CT molecular complexity index is 578. The molecular weight excluding hydrogens is 328 g/mol. The number of carbonyl (C=O) groups excluding carboxylic acids is 1. The number of nitrogens with zero attached hydrogens (tertiary/aromatic N) is 1. The molecule has 0 aliphatic carbocycles. The molecule has 1 aromatic carbocycles. The van der Waals surface area contributed by atoms with E-state index in [2.05, 4.69) is 10.2 Å². The number of hydrogen-bond acceptors (Lipinski definition) is 5. The predicted octanol–water partition coefficient (Wildman–Crippen LogP) is 0.860. The number of hydrogen-bond donors (Lipinski definition) is 3. The summed E-state index contributed by atoms with van der Waals surface area (Å²) in [5.41, 5.74) is 6.48. The summed E-state index contributed by atoms with van der Waals surface area (Å²) >= 11 is 6.00. The molecule has 1 aliphatic rings. The maximum absolute atomic E-state index is 12.4. The third-order valence-electron chi connectivity index (χ3n) is 4.27. The second kappa shape index (κ2) is 8.60. The normalized spacial score (nSPS) is 17.5. The highest BCUT2D eigenvalue weighted by atomic mass is 35.5. The predicted molar refractivity (Wildman–Crippen MR) is 95.7 cm³/mol. The smallest absolute Gasteiger partial charge is 0.255 e. The molecular formula is C16H23BClN3O3. The minimum absolute atomic E-state index is 0.228. The molecule has 1 amide bonds. The van der Waals surface area contributed by atoms with Crippen LogP contribution in [0.2, 0.25) is 5.02 Å². The van der Waals surface area contributed by atoms with Crippen LogP contribution in [0.3, 0.4) is 0 Å². The fourth-order valence-corrected chi connectivity index (χ4v) is 3.05. The van der Waals surface area contributed by atoms with Crippen molar-refractivity contribution in [3.63, 3.8) is 0 Å². The number of rotatable bonds is 6. The molecule has 4 N–H and O–H groups in total. The Hall–Kier alpha value is -1.44. The Balaban J connectivity index is 1.87. The van der Waals surface area contributed by atoms with Gasteiger partial charge >= 0.3 is 0 Å². The molecule has 2 radical (unpaired) electrons. The monoisotopic (exact) mass is 351 g/mol. The maximum Gasteiger partial charge on any atom is 0.255 e. The van der Waals surface area contributed by atoms with Gasteiger partial charge in [0.1, 0.15) is 13.6 Å². The van der Waals surface area contributed by atoms with E-state index in [1.807, 2.05) is 0 Å². The number of amides is 1. The number of methoxy groups -OCH3 is 1. The van der Waals surface area contributed by atoms with Crippen molar-refractivity contribution in [1.29, 1.82) is 0 Å². The lowest BCUT2D eigenvalue weighted by Crippen LogP contribution is -2.41. The van der Waals surface area contributed by atoms with Crippen LogP contribution in [0.1, 0.15) is 23.2 Å². The van der Waals surface area contributed by atoms with Crippen LogP contribution in [0.4, 0.5) is 5.69 Å². The zero-order valence-corrected chi connectivity index (χ0v) is 14.6. The lowest BCUT2D eigenvalue weighted by Gasteiger charge is -2.32. The summed E-state index contributed by atoms with van der Waals surface area (Å²) in [6.07, 6.45) is 1.90. The number of ether oxygens (including phenoxy) is 1. The van der Waals surface area contributed by atoms with Crippen molar-refractivity contribution in [2.24, 2.45) is 5.92 Å². The molecule has 1 unspecified atom stereocenters. The van der Waals surface area contributed by atoms with Crippen LogP contribution in [0.5, 0.6) is 5.75 Å². The molecule has 8 heteroatoms. The van der Waals surface area contributed by atoms with Crippen LogP contribution >= 0.6 is 11.6 Å². The maximum atomic E-state index is 12.4. The van der Waals surface area contributed by atoms with Gasteiger partial charge in [0.15, 0.2) is 0 Å². The van der Waals surface area contributed by atoms with Crippen LogP contribution in [0.25, 0.3) is 0 Å². The number of benzene rings is 1. The summed E-state index contributed by atoms with van der Waals surface area (Å²) in [6.45, 7) is 2.81. The minimum atomic E-state index is -0.802. The Kier molecular flexibility index (Phi) is 6.77. The van der Waals surface area contributed by atoms with E-state index in [0.717, 1.165) is 25.9 Å². The van der Waals surface area contributed by atoms with Crippen molar-refractivity contribution in [2.45, 2.75) is 18.8 Å². The third-order valence-corrected chi connectivity index (χ3v) is 4.59. The summed E-state index contributed by atoms with van der Waals surface area (Å²) < 4.78 is 5.20. The van der Waals surface area contributed by atoms with Gasteiger partial charge in [0.05, 0.1) is 23.4 Å². The van der Waals surface area contributed by atoms with Gasteiger partial charge in [0.2, 0.25) is 0 Å². The Morgan fingerprint density at radius 1 is 1.54 bits per heavy atom. The number of piperidine rings is 1. The van der Waals surface area contributed by atoms with Gasteiger partial charge in [0, 0.05) is 25.2 Å². The van der Waals surface area contributed by atoms with E-state index in [-0.39, 0.29) is 5.91 Å². The van der Waals surface area contributed by atoms with E-state index < -0.39 is 6.00 Å². The molecule has 6 nitrogen and oxygen atoms in total. The van der Waals surface area contributed by atoms with Crippen LogP contribution in [0.15, 0.2) is 12.1 Å². The summed E-state index contributed by atoms with van der Waals surface area (Å²) in [6, 6.07) is 2.27. The second-order valence-corrected chi connectivity index (χ2v) is 6.50. The SMILES string of the molecule is [B]C(O)CN1CCC(CNC(=O)c2cc(Cl)c(N)cc2OC)CC1. The lowest BCUT2D eigenvalue weighted by atomic mass is 9.94. The number of aliphatic hydroxyl groups is 1. The summed E-state index contributed by atoms with van der Waals surface area (Å²) in [5.74, 6) is 0.574. The fraction of sp³-hybridized carbons (Fsp3) is 0.562. The first-order chi connectivity index (χ1) is 11.4. The van der Waals surface area contributed by atoms with Crippen LogP contribution in [0, 0.1) is 5.92 Å². The first-order valence-electron chi connectivity index (χ1n) is 7.98. The van der Waals surface area contributed by atoms with E-state index in [9.17, 15) is 9.90 Å². The molecule has 1 aliphatic heterocycles. The number of halogens is 1. The van der Waals surface area contributed by atoms with Gasteiger partial charge in [-0.1, -0.05) is 11.6 Å².